The fourth-order valence-electron chi connectivity index (χ4n) is 2.39. The molecule has 0 unspecified atom stereocenters. The molecule has 0 aromatic heterocycles. The van der Waals surface area contributed by atoms with E-state index in [-0.39, 0.29) is 0 Å². The smallest absolute Gasteiger partial charge is 0.119 e. The van der Waals surface area contributed by atoms with Crippen LogP contribution in [0.3, 0.4) is 0 Å². The van der Waals surface area contributed by atoms with Gasteiger partial charge in [-0.25, -0.2) is 0 Å². The first-order valence-corrected chi connectivity index (χ1v) is 8.24. The van der Waals surface area contributed by atoms with Gasteiger partial charge in [-0.1, -0.05) is 24.4 Å². The van der Waals surface area contributed by atoms with Gasteiger partial charge in [0, 0.05) is 24.7 Å². The van der Waals surface area contributed by atoms with E-state index in [1.165, 1.54) is 19.4 Å². The average Bonchev–Trinajstić information content (AvgIpc) is 3.26. The second-order valence-electron chi connectivity index (χ2n) is 6.13. The zero-order chi connectivity index (χ0) is 15.2. The summed E-state index contributed by atoms with van der Waals surface area (Å²) in [6.07, 6.45) is 3.86. The molecular formula is C17H26N2OS. The molecule has 1 saturated carbocycles. The fourth-order valence-corrected chi connectivity index (χ4v) is 2.52. The Labute approximate surface area is 133 Å². The Kier molecular flexibility index (Phi) is 6.00. The lowest BCUT2D eigenvalue weighted by Crippen LogP contribution is -2.34. The summed E-state index contributed by atoms with van der Waals surface area (Å²) in [5.74, 6) is 1.79. The summed E-state index contributed by atoms with van der Waals surface area (Å²) < 4.78 is 5.81. The van der Waals surface area contributed by atoms with Crippen molar-refractivity contribution in [1.82, 2.24) is 4.90 Å². The van der Waals surface area contributed by atoms with Crippen LogP contribution >= 0.6 is 12.2 Å². The van der Waals surface area contributed by atoms with E-state index in [1.807, 2.05) is 24.3 Å². The van der Waals surface area contributed by atoms with Crippen molar-refractivity contribution < 1.29 is 4.74 Å². The van der Waals surface area contributed by atoms with Crippen LogP contribution in [0.5, 0.6) is 5.75 Å². The van der Waals surface area contributed by atoms with Gasteiger partial charge >= 0.3 is 0 Å². The minimum absolute atomic E-state index is 0.413. The van der Waals surface area contributed by atoms with Crippen molar-refractivity contribution >= 4 is 17.2 Å². The van der Waals surface area contributed by atoms with Crippen LogP contribution in [0.4, 0.5) is 0 Å². The Bertz CT molecular complexity index is 472. The summed E-state index contributed by atoms with van der Waals surface area (Å²) >= 11 is 4.98. The maximum atomic E-state index is 5.81. The first kappa shape index (κ1) is 16.2. The zero-order valence-corrected chi connectivity index (χ0v) is 13.9. The highest BCUT2D eigenvalue weighted by molar-refractivity contribution is 7.80. The third-order valence-electron chi connectivity index (χ3n) is 3.90. The highest BCUT2D eigenvalue weighted by atomic mass is 32.1. The highest BCUT2D eigenvalue weighted by Crippen LogP contribution is 2.30. The maximum Gasteiger partial charge on any atom is 0.119 e. The molecular weight excluding hydrogens is 280 g/mol. The maximum absolute atomic E-state index is 5.81. The minimum atomic E-state index is 0.413. The Morgan fingerprint density at radius 3 is 2.81 bits per heavy atom. The number of rotatable bonds is 9. The van der Waals surface area contributed by atoms with E-state index in [4.69, 9.17) is 22.7 Å². The first-order valence-electron chi connectivity index (χ1n) is 7.83. The molecule has 3 nitrogen and oxygen atoms in total. The van der Waals surface area contributed by atoms with Crippen molar-refractivity contribution in [1.29, 1.82) is 0 Å². The number of hydrogen-bond acceptors (Lipinski definition) is 3. The summed E-state index contributed by atoms with van der Waals surface area (Å²) in [6.45, 7) is 7.62. The van der Waals surface area contributed by atoms with Gasteiger partial charge in [0.05, 0.1) is 6.61 Å². The van der Waals surface area contributed by atoms with Crippen LogP contribution in [0.2, 0.25) is 0 Å². The number of nitrogens with zero attached hydrogens (tertiary/aromatic N) is 1. The molecule has 1 aromatic carbocycles. The molecule has 0 radical (unpaired) electrons. The Balaban J connectivity index is 1.72. The molecule has 0 heterocycles. The van der Waals surface area contributed by atoms with Crippen molar-refractivity contribution in [3.63, 3.8) is 0 Å². The van der Waals surface area contributed by atoms with Crippen LogP contribution in [0.1, 0.15) is 38.7 Å². The van der Waals surface area contributed by atoms with Crippen LogP contribution in [0, 0.1) is 5.92 Å². The van der Waals surface area contributed by atoms with E-state index < -0.39 is 0 Å². The van der Waals surface area contributed by atoms with Crippen molar-refractivity contribution in [2.24, 2.45) is 11.7 Å². The molecule has 1 fully saturated rings. The molecule has 0 spiro atoms. The number of hydrogen-bond donors (Lipinski definition) is 1. The molecule has 1 aliphatic rings. The average molecular weight is 306 g/mol. The molecule has 2 rings (SSSR count). The van der Waals surface area contributed by atoms with Crippen molar-refractivity contribution in [2.75, 3.05) is 19.7 Å². The Morgan fingerprint density at radius 2 is 2.19 bits per heavy atom. The van der Waals surface area contributed by atoms with Gasteiger partial charge in [0.25, 0.3) is 0 Å². The molecule has 0 atom stereocenters. The Morgan fingerprint density at radius 1 is 1.43 bits per heavy atom. The fraction of sp³-hybridized carbons (Fsp3) is 0.588. The zero-order valence-electron chi connectivity index (χ0n) is 13.0. The minimum Gasteiger partial charge on any atom is -0.494 e. The predicted molar refractivity (Wildman–Crippen MR) is 91.9 cm³/mol. The highest BCUT2D eigenvalue weighted by Gasteiger charge is 2.25. The van der Waals surface area contributed by atoms with Gasteiger partial charge in [-0.2, -0.15) is 0 Å². The monoisotopic (exact) mass is 306 g/mol. The topological polar surface area (TPSA) is 38.5 Å². The normalized spacial score (nSPS) is 14.7. The number of nitrogens with two attached hydrogens (primary N) is 1. The molecule has 1 aliphatic carbocycles. The summed E-state index contributed by atoms with van der Waals surface area (Å²) in [7, 11) is 0. The van der Waals surface area contributed by atoms with Crippen molar-refractivity contribution in [2.45, 2.75) is 39.2 Å². The van der Waals surface area contributed by atoms with Crippen LogP contribution in [0.25, 0.3) is 0 Å². The molecule has 2 N–H and O–H groups in total. The first-order chi connectivity index (χ1) is 10.1. The predicted octanol–water partition coefficient (Wildman–Crippen LogP) is 3.21. The summed E-state index contributed by atoms with van der Waals surface area (Å²) in [6, 6.07) is 8.31. The molecule has 1 aromatic rings. The van der Waals surface area contributed by atoms with Gasteiger partial charge in [-0.15, -0.1) is 0 Å². The molecule has 0 saturated heterocycles. The van der Waals surface area contributed by atoms with Gasteiger partial charge in [0.15, 0.2) is 0 Å². The molecule has 4 heteroatoms. The molecule has 0 bridgehead atoms. The second kappa shape index (κ2) is 7.76. The molecule has 116 valence electrons. The third kappa shape index (κ3) is 5.64. The lowest BCUT2D eigenvalue weighted by atomic mass is 10.2. The van der Waals surface area contributed by atoms with Gasteiger partial charge in [0.2, 0.25) is 0 Å². The standard InChI is InChI=1S/C17H26N2OS/c1-13(2)19(12-14-7-8-14)9-4-10-20-16-6-3-5-15(11-16)17(18)21/h3,5-6,11,13-14H,4,7-10,12H2,1-2H3,(H2,18,21). The second-order valence-corrected chi connectivity index (χ2v) is 6.57. The van der Waals surface area contributed by atoms with E-state index in [0.717, 1.165) is 36.8 Å². The van der Waals surface area contributed by atoms with Crippen molar-refractivity contribution in [3.8, 4) is 5.75 Å². The van der Waals surface area contributed by atoms with Gasteiger partial charge in [-0.05, 0) is 51.2 Å². The number of thiocarbonyl (C=S) groups is 1. The van der Waals surface area contributed by atoms with E-state index in [1.54, 1.807) is 0 Å². The van der Waals surface area contributed by atoms with Gasteiger partial charge in [0.1, 0.15) is 10.7 Å². The molecule has 0 aliphatic heterocycles. The number of ether oxygens (including phenoxy) is 1. The van der Waals surface area contributed by atoms with Gasteiger partial charge in [-0.3, -0.25) is 0 Å². The molecule has 0 amide bonds. The lowest BCUT2D eigenvalue weighted by molar-refractivity contribution is 0.191. The van der Waals surface area contributed by atoms with Crippen molar-refractivity contribution in [3.05, 3.63) is 29.8 Å². The van der Waals surface area contributed by atoms with Crippen LogP contribution in [-0.4, -0.2) is 35.6 Å². The lowest BCUT2D eigenvalue weighted by Gasteiger charge is -2.26. The summed E-state index contributed by atoms with van der Waals surface area (Å²) in [4.78, 5) is 2.97. The van der Waals surface area contributed by atoms with E-state index in [2.05, 4.69) is 18.7 Å². The largest absolute Gasteiger partial charge is 0.494 e. The molecule has 21 heavy (non-hydrogen) atoms. The third-order valence-corrected chi connectivity index (χ3v) is 4.13. The van der Waals surface area contributed by atoms with Crippen LogP contribution in [-0.2, 0) is 0 Å². The quantitative estimate of drug-likeness (QED) is 0.561. The SMILES string of the molecule is CC(C)N(CCCOc1cccc(C(N)=S)c1)CC1CC1. The van der Waals surface area contributed by atoms with Crippen LogP contribution in [0.15, 0.2) is 24.3 Å². The van der Waals surface area contributed by atoms with E-state index in [0.29, 0.717) is 11.0 Å². The summed E-state index contributed by atoms with van der Waals surface area (Å²) in [5.41, 5.74) is 6.49. The van der Waals surface area contributed by atoms with E-state index in [9.17, 15) is 0 Å². The Hall–Kier alpha value is -1.13. The van der Waals surface area contributed by atoms with Crippen LogP contribution < -0.4 is 10.5 Å². The van der Waals surface area contributed by atoms with E-state index >= 15 is 0 Å². The number of benzene rings is 1. The summed E-state index contributed by atoms with van der Waals surface area (Å²) in [5, 5.41) is 0. The van der Waals surface area contributed by atoms with Gasteiger partial charge < -0.3 is 15.4 Å².